The van der Waals surface area contributed by atoms with Gasteiger partial charge in [-0.05, 0) is 44.4 Å². The first-order valence-electron chi connectivity index (χ1n) is 9.40. The second-order valence-electron chi connectivity index (χ2n) is 7.66. The van der Waals surface area contributed by atoms with Gasteiger partial charge in [0.05, 0.1) is 5.56 Å². The van der Waals surface area contributed by atoms with E-state index in [4.69, 9.17) is 4.74 Å². The van der Waals surface area contributed by atoms with Crippen LogP contribution >= 0.6 is 0 Å². The molecular formula is C20H26N2O3. The summed E-state index contributed by atoms with van der Waals surface area (Å²) in [7, 11) is 2.09. The van der Waals surface area contributed by atoms with Gasteiger partial charge in [0.2, 0.25) is 5.91 Å². The van der Waals surface area contributed by atoms with Gasteiger partial charge in [0, 0.05) is 26.2 Å². The van der Waals surface area contributed by atoms with E-state index in [2.05, 4.69) is 11.9 Å². The van der Waals surface area contributed by atoms with Crippen LogP contribution in [0.2, 0.25) is 0 Å². The second-order valence-corrected chi connectivity index (χ2v) is 7.66. The molecular weight excluding hydrogens is 316 g/mol. The Balaban J connectivity index is 1.73. The fraction of sp³-hybridized carbons (Fsp3) is 0.600. The molecule has 2 aliphatic heterocycles. The highest BCUT2D eigenvalue weighted by Gasteiger charge is 2.53. The zero-order chi connectivity index (χ0) is 17.4. The summed E-state index contributed by atoms with van der Waals surface area (Å²) in [6, 6.07) is 7.51. The molecule has 0 bridgehead atoms. The summed E-state index contributed by atoms with van der Waals surface area (Å²) in [5.74, 6) is -0.486. The first kappa shape index (κ1) is 16.6. The van der Waals surface area contributed by atoms with E-state index >= 15 is 0 Å². The van der Waals surface area contributed by atoms with Crippen LogP contribution in [-0.2, 0) is 9.53 Å². The van der Waals surface area contributed by atoms with Gasteiger partial charge in [-0.2, -0.15) is 0 Å². The number of esters is 1. The maximum atomic E-state index is 13.5. The summed E-state index contributed by atoms with van der Waals surface area (Å²) < 4.78 is 5.99. The Morgan fingerprint density at radius 1 is 1.08 bits per heavy atom. The Morgan fingerprint density at radius 2 is 1.76 bits per heavy atom. The Labute approximate surface area is 148 Å². The molecule has 3 aliphatic rings. The van der Waals surface area contributed by atoms with Gasteiger partial charge in [-0.15, -0.1) is 0 Å². The number of benzene rings is 1. The molecule has 134 valence electrons. The molecule has 1 saturated carbocycles. The number of likely N-dealkylation sites (N-methyl/N-ethyl adjacent to an activating group) is 1. The average Bonchev–Trinajstić information content (AvgIpc) is 2.63. The van der Waals surface area contributed by atoms with Crippen molar-refractivity contribution >= 4 is 11.9 Å². The number of nitrogens with zero attached hydrogens (tertiary/aromatic N) is 2. The van der Waals surface area contributed by atoms with Crippen LogP contribution in [0.4, 0.5) is 0 Å². The molecule has 5 nitrogen and oxygen atoms in total. The van der Waals surface area contributed by atoms with Crippen LogP contribution in [0.25, 0.3) is 0 Å². The molecule has 1 spiro atoms. The van der Waals surface area contributed by atoms with E-state index < -0.39 is 5.60 Å². The van der Waals surface area contributed by atoms with E-state index in [0.29, 0.717) is 5.56 Å². The molecule has 1 atom stereocenters. The molecule has 0 unspecified atom stereocenters. The SMILES string of the molecule is CN1CCN(C(=O)[C@H]2c3ccccc3C(=O)OC23CCCCC3)CC1. The predicted molar refractivity (Wildman–Crippen MR) is 94.5 cm³/mol. The van der Waals surface area contributed by atoms with Gasteiger partial charge < -0.3 is 14.5 Å². The third kappa shape index (κ3) is 2.84. The van der Waals surface area contributed by atoms with Gasteiger partial charge in [-0.25, -0.2) is 4.79 Å². The van der Waals surface area contributed by atoms with E-state index in [0.717, 1.165) is 63.8 Å². The van der Waals surface area contributed by atoms with Crippen molar-refractivity contribution in [3.63, 3.8) is 0 Å². The van der Waals surface area contributed by atoms with Gasteiger partial charge in [-0.1, -0.05) is 24.6 Å². The number of carbonyl (C=O) groups is 2. The fourth-order valence-electron chi connectivity index (χ4n) is 4.62. The van der Waals surface area contributed by atoms with Crippen LogP contribution in [0.15, 0.2) is 24.3 Å². The predicted octanol–water partition coefficient (Wildman–Crippen LogP) is 2.42. The number of fused-ring (bicyclic) bond motifs is 1. The normalized spacial score (nSPS) is 26.2. The molecule has 2 heterocycles. The van der Waals surface area contributed by atoms with Crippen molar-refractivity contribution in [1.82, 2.24) is 9.80 Å². The van der Waals surface area contributed by atoms with E-state index in [9.17, 15) is 9.59 Å². The van der Waals surface area contributed by atoms with Crippen LogP contribution < -0.4 is 0 Å². The Hall–Kier alpha value is -1.88. The summed E-state index contributed by atoms with van der Waals surface area (Å²) in [5, 5.41) is 0. The van der Waals surface area contributed by atoms with Crippen molar-refractivity contribution in [1.29, 1.82) is 0 Å². The van der Waals surface area contributed by atoms with E-state index in [1.54, 1.807) is 6.07 Å². The highest BCUT2D eigenvalue weighted by atomic mass is 16.6. The van der Waals surface area contributed by atoms with Crippen LogP contribution in [0.1, 0.15) is 53.9 Å². The zero-order valence-corrected chi connectivity index (χ0v) is 14.9. The lowest BCUT2D eigenvalue weighted by Crippen LogP contribution is -2.56. The summed E-state index contributed by atoms with van der Waals surface area (Å²) in [4.78, 5) is 30.3. The van der Waals surface area contributed by atoms with Crippen LogP contribution in [-0.4, -0.2) is 60.5 Å². The van der Waals surface area contributed by atoms with Crippen molar-refractivity contribution in [3.05, 3.63) is 35.4 Å². The summed E-state index contributed by atoms with van der Waals surface area (Å²) in [5.41, 5.74) is 0.778. The summed E-state index contributed by atoms with van der Waals surface area (Å²) in [6.45, 7) is 3.29. The summed E-state index contributed by atoms with van der Waals surface area (Å²) in [6.07, 6.45) is 4.76. The number of hydrogen-bond acceptors (Lipinski definition) is 4. The van der Waals surface area contributed by atoms with Crippen LogP contribution in [0.3, 0.4) is 0 Å². The molecule has 1 saturated heterocycles. The van der Waals surface area contributed by atoms with E-state index in [-0.39, 0.29) is 17.8 Å². The lowest BCUT2D eigenvalue weighted by atomic mass is 9.69. The fourth-order valence-corrected chi connectivity index (χ4v) is 4.62. The number of amides is 1. The molecule has 1 amide bonds. The van der Waals surface area contributed by atoms with Gasteiger partial charge >= 0.3 is 5.97 Å². The van der Waals surface area contributed by atoms with Gasteiger partial charge in [-0.3, -0.25) is 4.79 Å². The third-order valence-corrected chi connectivity index (χ3v) is 6.08. The van der Waals surface area contributed by atoms with Crippen LogP contribution in [0.5, 0.6) is 0 Å². The molecule has 5 heteroatoms. The minimum atomic E-state index is -0.649. The standard InChI is InChI=1S/C20H26N2O3/c1-21-11-13-22(14-12-21)18(23)17-15-7-3-4-8-16(15)19(24)25-20(17)9-5-2-6-10-20/h3-4,7-8,17H,2,5-6,9-14H2,1H3/t17-/m1/s1. The minimum Gasteiger partial charge on any atom is -0.454 e. The van der Waals surface area contributed by atoms with Gasteiger partial charge in [0.15, 0.2) is 0 Å². The topological polar surface area (TPSA) is 49.9 Å². The quantitative estimate of drug-likeness (QED) is 0.736. The lowest BCUT2D eigenvalue weighted by molar-refractivity contribution is -0.144. The highest BCUT2D eigenvalue weighted by Crippen LogP contribution is 2.48. The molecule has 0 radical (unpaired) electrons. The molecule has 1 aliphatic carbocycles. The Kier molecular flexibility index (Phi) is 4.28. The molecule has 0 aromatic heterocycles. The molecule has 1 aromatic carbocycles. The maximum Gasteiger partial charge on any atom is 0.339 e. The smallest absolute Gasteiger partial charge is 0.339 e. The zero-order valence-electron chi connectivity index (χ0n) is 14.9. The third-order valence-electron chi connectivity index (χ3n) is 6.08. The highest BCUT2D eigenvalue weighted by molar-refractivity contribution is 5.98. The van der Waals surface area contributed by atoms with E-state index in [1.165, 1.54) is 0 Å². The monoisotopic (exact) mass is 342 g/mol. The van der Waals surface area contributed by atoms with Crippen LogP contribution in [0, 0.1) is 0 Å². The Morgan fingerprint density at radius 3 is 2.48 bits per heavy atom. The molecule has 4 rings (SSSR count). The minimum absolute atomic E-state index is 0.134. The van der Waals surface area contributed by atoms with E-state index in [1.807, 2.05) is 23.1 Å². The summed E-state index contributed by atoms with van der Waals surface area (Å²) >= 11 is 0. The van der Waals surface area contributed by atoms with Crippen molar-refractivity contribution in [2.75, 3.05) is 33.2 Å². The second kappa shape index (κ2) is 6.45. The van der Waals surface area contributed by atoms with Gasteiger partial charge in [0.25, 0.3) is 0 Å². The number of hydrogen-bond donors (Lipinski definition) is 0. The first-order valence-corrected chi connectivity index (χ1v) is 9.40. The largest absolute Gasteiger partial charge is 0.454 e. The number of rotatable bonds is 1. The van der Waals surface area contributed by atoms with Crippen molar-refractivity contribution < 1.29 is 14.3 Å². The number of piperazine rings is 1. The average molecular weight is 342 g/mol. The first-order chi connectivity index (χ1) is 12.1. The van der Waals surface area contributed by atoms with Crippen molar-refractivity contribution in [3.8, 4) is 0 Å². The van der Waals surface area contributed by atoms with Crippen molar-refractivity contribution in [2.45, 2.75) is 43.6 Å². The molecule has 1 aromatic rings. The molecule has 2 fully saturated rings. The maximum absolute atomic E-state index is 13.5. The molecule has 25 heavy (non-hydrogen) atoms. The Bertz CT molecular complexity index is 673. The lowest BCUT2D eigenvalue weighted by Gasteiger charge is -2.47. The number of carbonyl (C=O) groups excluding carboxylic acids is 2. The van der Waals surface area contributed by atoms with Crippen molar-refractivity contribution in [2.24, 2.45) is 0 Å². The number of ether oxygens (including phenoxy) is 1. The van der Waals surface area contributed by atoms with Gasteiger partial charge in [0.1, 0.15) is 11.5 Å². The molecule has 0 N–H and O–H groups in total.